The molecule has 11 heteroatoms. The highest BCUT2D eigenvalue weighted by Crippen LogP contribution is 2.22. The van der Waals surface area contributed by atoms with E-state index in [-0.39, 0.29) is 24.3 Å². The van der Waals surface area contributed by atoms with E-state index in [1.165, 1.54) is 6.20 Å². The number of Topliss-reactive ketones (excluding diaryl/α,β-unsaturated/α-hetero) is 2. The molecule has 0 spiro atoms. The molecule has 1 aromatic carbocycles. The van der Waals surface area contributed by atoms with Crippen LogP contribution in [0.2, 0.25) is 0 Å². The lowest BCUT2D eigenvalue weighted by atomic mass is 9.86. The molecule has 0 saturated carbocycles. The number of rotatable bonds is 7. The van der Waals surface area contributed by atoms with E-state index >= 15 is 0 Å². The Bertz CT molecular complexity index is 1090. The maximum atomic E-state index is 13.1. The monoisotopic (exact) mass is 451 g/mol. The lowest BCUT2D eigenvalue weighted by molar-refractivity contribution is -0.141. The third-order valence-corrected chi connectivity index (χ3v) is 6.52. The van der Waals surface area contributed by atoms with Crippen molar-refractivity contribution >= 4 is 27.5 Å². The molecule has 0 bridgehead atoms. The number of fused-ring (bicyclic) bond motifs is 1. The van der Waals surface area contributed by atoms with Gasteiger partial charge in [-0.25, -0.2) is 17.5 Å². The van der Waals surface area contributed by atoms with Crippen molar-refractivity contribution in [2.24, 2.45) is 11.8 Å². The number of ketones is 2. The molecule has 2 heterocycles. The van der Waals surface area contributed by atoms with Gasteiger partial charge in [0, 0.05) is 30.9 Å². The Morgan fingerprint density at radius 1 is 1.29 bits per heavy atom. The third-order valence-electron chi connectivity index (χ3n) is 5.06. The summed E-state index contributed by atoms with van der Waals surface area (Å²) < 4.78 is 45.9. The molecule has 31 heavy (non-hydrogen) atoms. The van der Waals surface area contributed by atoms with Gasteiger partial charge in [-0.2, -0.15) is 0 Å². The summed E-state index contributed by atoms with van der Waals surface area (Å²) in [4.78, 5) is 37.4. The predicted octanol–water partition coefficient (Wildman–Crippen LogP) is 1.13. The minimum Gasteiger partial charge on any atom is -0.361 e. The molecule has 9 nitrogen and oxygen atoms in total. The summed E-state index contributed by atoms with van der Waals surface area (Å²) in [5.74, 6) is -3.81. The molecular formula is C20H22FN3O6S. The topological polar surface area (TPSA) is 135 Å². The van der Waals surface area contributed by atoms with Gasteiger partial charge in [0.05, 0.1) is 17.1 Å². The molecule has 3 rings (SSSR count). The molecule has 0 fully saturated rings. The minimum atomic E-state index is -4.11. The number of hydrogen-bond acceptors (Lipinski definition) is 7. The normalized spacial score (nSPS) is 18.1. The zero-order valence-electron chi connectivity index (χ0n) is 16.9. The first-order valence-electron chi connectivity index (χ1n) is 9.63. The first-order chi connectivity index (χ1) is 14.6. The van der Waals surface area contributed by atoms with E-state index < -0.39 is 51.2 Å². The summed E-state index contributed by atoms with van der Waals surface area (Å²) in [6, 6.07) is 3.04. The Hall–Kier alpha value is -2.92. The number of carbonyl (C=O) groups excluding carboxylic acids is 3. The second-order valence-electron chi connectivity index (χ2n) is 7.69. The van der Waals surface area contributed by atoms with E-state index in [0.29, 0.717) is 11.3 Å². The van der Waals surface area contributed by atoms with Crippen LogP contribution in [0, 0.1) is 17.7 Å². The summed E-state index contributed by atoms with van der Waals surface area (Å²) in [7, 11) is -4.11. The van der Waals surface area contributed by atoms with Gasteiger partial charge in [-0.05, 0) is 30.2 Å². The van der Waals surface area contributed by atoms with Crippen LogP contribution in [0.15, 0.2) is 39.9 Å². The van der Waals surface area contributed by atoms with Crippen molar-refractivity contribution in [3.05, 3.63) is 47.6 Å². The zero-order valence-corrected chi connectivity index (χ0v) is 17.7. The van der Waals surface area contributed by atoms with Gasteiger partial charge >= 0.3 is 0 Å². The van der Waals surface area contributed by atoms with E-state index in [4.69, 9.17) is 4.52 Å². The molecule has 2 unspecified atom stereocenters. The van der Waals surface area contributed by atoms with Crippen molar-refractivity contribution in [3.63, 3.8) is 0 Å². The van der Waals surface area contributed by atoms with Crippen molar-refractivity contribution in [3.8, 4) is 0 Å². The van der Waals surface area contributed by atoms with Gasteiger partial charge in [-0.15, -0.1) is 0 Å². The summed E-state index contributed by atoms with van der Waals surface area (Å²) in [5.41, 5.74) is 0.607. The highest BCUT2D eigenvalue weighted by atomic mass is 32.2. The number of carbonyl (C=O) groups is 3. The third kappa shape index (κ3) is 5.23. The molecule has 0 radical (unpaired) electrons. The van der Waals surface area contributed by atoms with E-state index in [1.54, 1.807) is 13.8 Å². The second kappa shape index (κ2) is 9.06. The Labute approximate surface area is 178 Å². The van der Waals surface area contributed by atoms with Crippen LogP contribution in [0.25, 0.3) is 0 Å². The molecule has 166 valence electrons. The first-order valence-corrected chi connectivity index (χ1v) is 11.1. The van der Waals surface area contributed by atoms with Crippen LogP contribution in [0.1, 0.15) is 31.6 Å². The average molecular weight is 451 g/mol. The van der Waals surface area contributed by atoms with Crippen LogP contribution in [0.5, 0.6) is 0 Å². The molecule has 0 saturated heterocycles. The second-order valence-corrected chi connectivity index (χ2v) is 9.40. The highest BCUT2D eigenvalue weighted by Gasteiger charge is 2.35. The van der Waals surface area contributed by atoms with Crippen molar-refractivity contribution < 1.29 is 31.7 Å². The average Bonchev–Trinajstić information content (AvgIpc) is 3.15. The van der Waals surface area contributed by atoms with Crippen LogP contribution < -0.4 is 10.0 Å². The Morgan fingerprint density at radius 3 is 2.61 bits per heavy atom. The van der Waals surface area contributed by atoms with E-state index in [9.17, 15) is 27.2 Å². The summed E-state index contributed by atoms with van der Waals surface area (Å²) in [6.45, 7) is 3.39. The van der Waals surface area contributed by atoms with Crippen LogP contribution in [0.4, 0.5) is 4.39 Å². The van der Waals surface area contributed by atoms with Crippen molar-refractivity contribution in [1.82, 2.24) is 15.2 Å². The zero-order chi connectivity index (χ0) is 22.8. The number of aromatic nitrogens is 1. The lowest BCUT2D eigenvalue weighted by Gasteiger charge is -2.24. The molecule has 1 amide bonds. The van der Waals surface area contributed by atoms with Gasteiger partial charge in [0.2, 0.25) is 15.8 Å². The lowest BCUT2D eigenvalue weighted by Crippen LogP contribution is -2.46. The quantitative estimate of drug-likeness (QED) is 0.603. The molecule has 1 aromatic heterocycles. The number of hydrogen-bond donors (Lipinski definition) is 2. The highest BCUT2D eigenvalue weighted by molar-refractivity contribution is 7.89. The van der Waals surface area contributed by atoms with Crippen molar-refractivity contribution in [2.75, 3.05) is 0 Å². The molecular weight excluding hydrogens is 429 g/mol. The van der Waals surface area contributed by atoms with Gasteiger partial charge in [-0.3, -0.25) is 14.4 Å². The fraction of sp³-hybridized carbons (Fsp3) is 0.400. The molecule has 1 aliphatic rings. The van der Waals surface area contributed by atoms with Crippen LogP contribution >= 0.6 is 0 Å². The van der Waals surface area contributed by atoms with Gasteiger partial charge in [0.25, 0.3) is 5.91 Å². The van der Waals surface area contributed by atoms with Crippen LogP contribution in [-0.2, 0) is 37.4 Å². The van der Waals surface area contributed by atoms with Crippen molar-refractivity contribution in [1.29, 1.82) is 0 Å². The minimum absolute atomic E-state index is 0.00283. The predicted molar refractivity (Wildman–Crippen MR) is 106 cm³/mol. The van der Waals surface area contributed by atoms with Gasteiger partial charge in [0.15, 0.2) is 5.78 Å². The van der Waals surface area contributed by atoms with E-state index in [0.717, 1.165) is 24.3 Å². The SMILES string of the molecule is CC(C)C(NS(=O)(=O)c1ccc(F)cc1)C(=O)CC1Cc2oncc2CNC(=O)C1=O. The van der Waals surface area contributed by atoms with E-state index in [1.807, 2.05) is 0 Å². The fourth-order valence-corrected chi connectivity index (χ4v) is 4.69. The smallest absolute Gasteiger partial charge is 0.287 e. The van der Waals surface area contributed by atoms with Crippen LogP contribution in [0.3, 0.4) is 0 Å². The fourth-order valence-electron chi connectivity index (χ4n) is 3.32. The van der Waals surface area contributed by atoms with E-state index in [2.05, 4.69) is 15.2 Å². The Balaban J connectivity index is 1.80. The molecule has 0 aliphatic carbocycles. The maximum Gasteiger partial charge on any atom is 0.287 e. The molecule has 2 aromatic rings. The van der Waals surface area contributed by atoms with Crippen molar-refractivity contribution in [2.45, 2.75) is 44.2 Å². The number of sulfonamides is 1. The Kier molecular flexibility index (Phi) is 6.65. The number of nitrogens with one attached hydrogen (secondary N) is 2. The first kappa shape index (κ1) is 22.8. The number of amides is 1. The van der Waals surface area contributed by atoms with Gasteiger partial charge in [-0.1, -0.05) is 19.0 Å². The summed E-state index contributed by atoms with van der Waals surface area (Å²) in [6.07, 6.45) is 1.07. The number of nitrogens with zero attached hydrogens (tertiary/aromatic N) is 1. The molecule has 2 atom stereocenters. The summed E-state index contributed by atoms with van der Waals surface area (Å²) >= 11 is 0. The largest absolute Gasteiger partial charge is 0.361 e. The Morgan fingerprint density at radius 2 is 1.97 bits per heavy atom. The van der Waals surface area contributed by atoms with Crippen LogP contribution in [-0.4, -0.2) is 37.1 Å². The van der Waals surface area contributed by atoms with Gasteiger partial charge in [0.1, 0.15) is 11.6 Å². The molecule has 1 aliphatic heterocycles. The number of halogens is 1. The van der Waals surface area contributed by atoms with Gasteiger partial charge < -0.3 is 9.84 Å². The molecule has 2 N–H and O–H groups in total. The summed E-state index contributed by atoms with van der Waals surface area (Å²) in [5, 5.41) is 6.12. The number of benzene rings is 1. The standard InChI is InChI=1S/C20H22FN3O6S/c1-11(2)18(24-31(28,29)15-5-3-14(21)4-6-15)16(25)7-12-8-17-13(10-23-30-17)9-22-20(27)19(12)26/h3-6,10-12,18,24H,7-9H2,1-2H3,(H,22,27). The maximum absolute atomic E-state index is 13.1.